The number of aryl methyl sites for hydroxylation is 2. The Morgan fingerprint density at radius 3 is 2.77 bits per heavy atom. The molecule has 1 atom stereocenters. The molecule has 0 radical (unpaired) electrons. The van der Waals surface area contributed by atoms with E-state index in [-0.39, 0.29) is 0 Å². The van der Waals surface area contributed by atoms with Gasteiger partial charge in [0, 0.05) is 38.6 Å². The van der Waals surface area contributed by atoms with Gasteiger partial charge < -0.3 is 9.80 Å². The summed E-state index contributed by atoms with van der Waals surface area (Å²) in [5, 5.41) is 4.41. The molecule has 6 heteroatoms. The Morgan fingerprint density at radius 2 is 2.09 bits per heavy atom. The Labute approximate surface area is 131 Å². The van der Waals surface area contributed by atoms with Crippen molar-refractivity contribution in [3.8, 4) is 0 Å². The minimum absolute atomic E-state index is 0.413. The van der Waals surface area contributed by atoms with Crippen LogP contribution in [0.2, 0.25) is 0 Å². The Morgan fingerprint density at radius 1 is 1.27 bits per heavy atom. The average Bonchev–Trinajstić information content (AvgIpc) is 3.08. The fourth-order valence-electron chi connectivity index (χ4n) is 2.97. The van der Waals surface area contributed by atoms with Gasteiger partial charge in [0.05, 0.1) is 18.8 Å². The number of hydrogen-bond acceptors (Lipinski definition) is 5. The van der Waals surface area contributed by atoms with E-state index in [1.807, 2.05) is 42.9 Å². The average molecular weight is 300 g/mol. The minimum atomic E-state index is 0.413. The van der Waals surface area contributed by atoms with Gasteiger partial charge in [-0.15, -0.1) is 0 Å². The standard InChI is InChI=1S/C16H24N6/c1-12-9-17-21(10-12)11-14-6-5-7-22(14)16-18-13(2)8-15(19-16)20(3)4/h8-10,14H,5-7,11H2,1-4H3/t14-/m0/s1. The van der Waals surface area contributed by atoms with Crippen LogP contribution in [0.5, 0.6) is 0 Å². The molecule has 6 nitrogen and oxygen atoms in total. The molecular weight excluding hydrogens is 276 g/mol. The van der Waals surface area contributed by atoms with Crippen molar-refractivity contribution in [3.05, 3.63) is 29.7 Å². The first-order valence-electron chi connectivity index (χ1n) is 7.81. The van der Waals surface area contributed by atoms with E-state index in [2.05, 4.69) is 28.1 Å². The van der Waals surface area contributed by atoms with Gasteiger partial charge in [-0.2, -0.15) is 10.1 Å². The van der Waals surface area contributed by atoms with E-state index in [0.717, 1.165) is 37.0 Å². The van der Waals surface area contributed by atoms with Crippen LogP contribution in [0.15, 0.2) is 18.5 Å². The third-order valence-corrected chi connectivity index (χ3v) is 4.08. The normalized spacial score (nSPS) is 18.0. The molecule has 118 valence electrons. The smallest absolute Gasteiger partial charge is 0.227 e. The molecule has 0 amide bonds. The maximum atomic E-state index is 4.72. The summed E-state index contributed by atoms with van der Waals surface area (Å²) in [6, 6.07) is 2.43. The largest absolute Gasteiger partial charge is 0.363 e. The summed E-state index contributed by atoms with van der Waals surface area (Å²) in [6.45, 7) is 6.01. The van der Waals surface area contributed by atoms with Gasteiger partial charge in [0.25, 0.3) is 0 Å². The lowest BCUT2D eigenvalue weighted by Gasteiger charge is -2.26. The van der Waals surface area contributed by atoms with Crippen LogP contribution in [-0.2, 0) is 6.54 Å². The van der Waals surface area contributed by atoms with Crippen molar-refractivity contribution in [2.75, 3.05) is 30.4 Å². The van der Waals surface area contributed by atoms with E-state index >= 15 is 0 Å². The van der Waals surface area contributed by atoms with Crippen molar-refractivity contribution in [2.45, 2.75) is 39.3 Å². The summed E-state index contributed by atoms with van der Waals surface area (Å²) in [5.41, 5.74) is 2.21. The third kappa shape index (κ3) is 3.05. The van der Waals surface area contributed by atoms with Crippen molar-refractivity contribution in [2.24, 2.45) is 0 Å². The summed E-state index contributed by atoms with van der Waals surface area (Å²) in [7, 11) is 4.03. The zero-order valence-corrected chi connectivity index (χ0v) is 13.8. The highest BCUT2D eigenvalue weighted by Crippen LogP contribution is 2.25. The van der Waals surface area contributed by atoms with Gasteiger partial charge in [-0.05, 0) is 32.3 Å². The van der Waals surface area contributed by atoms with E-state index in [1.165, 1.54) is 12.0 Å². The molecule has 1 fully saturated rings. The second kappa shape index (κ2) is 5.94. The molecule has 1 aliphatic rings. The van der Waals surface area contributed by atoms with Gasteiger partial charge in [-0.3, -0.25) is 4.68 Å². The highest BCUT2D eigenvalue weighted by Gasteiger charge is 2.27. The summed E-state index contributed by atoms with van der Waals surface area (Å²) >= 11 is 0. The fraction of sp³-hybridized carbons (Fsp3) is 0.562. The van der Waals surface area contributed by atoms with E-state index in [9.17, 15) is 0 Å². The van der Waals surface area contributed by atoms with E-state index in [4.69, 9.17) is 4.98 Å². The summed E-state index contributed by atoms with van der Waals surface area (Å²) in [5.74, 6) is 1.80. The van der Waals surface area contributed by atoms with Gasteiger partial charge >= 0.3 is 0 Å². The van der Waals surface area contributed by atoms with Gasteiger partial charge in [-0.1, -0.05) is 0 Å². The van der Waals surface area contributed by atoms with Crippen LogP contribution in [0.3, 0.4) is 0 Å². The highest BCUT2D eigenvalue weighted by molar-refractivity contribution is 5.45. The van der Waals surface area contributed by atoms with Crippen LogP contribution in [0.1, 0.15) is 24.1 Å². The Bertz CT molecular complexity index is 648. The highest BCUT2D eigenvalue weighted by atomic mass is 15.3. The second-order valence-electron chi connectivity index (χ2n) is 6.29. The van der Waals surface area contributed by atoms with Gasteiger partial charge in [0.2, 0.25) is 5.95 Å². The van der Waals surface area contributed by atoms with Gasteiger partial charge in [-0.25, -0.2) is 4.98 Å². The van der Waals surface area contributed by atoms with Crippen LogP contribution in [0.25, 0.3) is 0 Å². The van der Waals surface area contributed by atoms with Gasteiger partial charge in [0.1, 0.15) is 5.82 Å². The first kappa shape index (κ1) is 14.8. The molecule has 22 heavy (non-hydrogen) atoms. The molecule has 3 rings (SSSR count). The maximum Gasteiger partial charge on any atom is 0.227 e. The number of rotatable bonds is 4. The monoisotopic (exact) mass is 300 g/mol. The molecule has 2 aromatic rings. The predicted molar refractivity (Wildman–Crippen MR) is 88.4 cm³/mol. The number of aromatic nitrogens is 4. The zero-order valence-electron chi connectivity index (χ0n) is 13.8. The molecule has 0 bridgehead atoms. The fourth-order valence-corrected chi connectivity index (χ4v) is 2.97. The Hall–Kier alpha value is -2.11. The lowest BCUT2D eigenvalue weighted by Crippen LogP contribution is -2.34. The number of anilines is 2. The SMILES string of the molecule is Cc1cnn(C[C@@H]2CCCN2c2nc(C)cc(N(C)C)n2)c1. The first-order valence-corrected chi connectivity index (χ1v) is 7.81. The Kier molecular flexibility index (Phi) is 4.00. The molecule has 0 aromatic carbocycles. The molecule has 0 aliphatic carbocycles. The van der Waals surface area contributed by atoms with Crippen LogP contribution in [0, 0.1) is 13.8 Å². The minimum Gasteiger partial charge on any atom is -0.363 e. The molecule has 0 spiro atoms. The van der Waals surface area contributed by atoms with Crippen molar-refractivity contribution in [1.29, 1.82) is 0 Å². The van der Waals surface area contributed by atoms with Crippen molar-refractivity contribution in [1.82, 2.24) is 19.7 Å². The third-order valence-electron chi connectivity index (χ3n) is 4.08. The molecule has 0 saturated carbocycles. The van der Waals surface area contributed by atoms with E-state index in [1.54, 1.807) is 0 Å². The lowest BCUT2D eigenvalue weighted by atomic mass is 10.2. The summed E-state index contributed by atoms with van der Waals surface area (Å²) in [4.78, 5) is 13.7. The summed E-state index contributed by atoms with van der Waals surface area (Å²) < 4.78 is 2.03. The van der Waals surface area contributed by atoms with Crippen molar-refractivity contribution in [3.63, 3.8) is 0 Å². The quantitative estimate of drug-likeness (QED) is 0.864. The van der Waals surface area contributed by atoms with E-state index < -0.39 is 0 Å². The van der Waals surface area contributed by atoms with E-state index in [0.29, 0.717) is 6.04 Å². The molecule has 1 saturated heterocycles. The molecular formula is C16H24N6. The number of hydrogen-bond donors (Lipinski definition) is 0. The maximum absolute atomic E-state index is 4.72. The summed E-state index contributed by atoms with van der Waals surface area (Å²) in [6.07, 6.45) is 6.35. The first-order chi connectivity index (χ1) is 10.5. The topological polar surface area (TPSA) is 50.1 Å². The van der Waals surface area contributed by atoms with Crippen LogP contribution < -0.4 is 9.80 Å². The van der Waals surface area contributed by atoms with Crippen molar-refractivity contribution < 1.29 is 0 Å². The Balaban J connectivity index is 1.83. The van der Waals surface area contributed by atoms with Crippen molar-refractivity contribution >= 4 is 11.8 Å². The molecule has 0 unspecified atom stereocenters. The molecule has 1 aliphatic heterocycles. The zero-order chi connectivity index (χ0) is 15.7. The van der Waals surface area contributed by atoms with Gasteiger partial charge in [0.15, 0.2) is 0 Å². The van der Waals surface area contributed by atoms with Crippen LogP contribution in [-0.4, -0.2) is 46.4 Å². The predicted octanol–water partition coefficient (Wildman–Crippen LogP) is 2.02. The van der Waals surface area contributed by atoms with Crippen LogP contribution in [0.4, 0.5) is 11.8 Å². The van der Waals surface area contributed by atoms with Crippen LogP contribution >= 0.6 is 0 Å². The molecule has 3 heterocycles. The number of nitrogens with zero attached hydrogens (tertiary/aromatic N) is 6. The second-order valence-corrected chi connectivity index (χ2v) is 6.29. The molecule has 0 N–H and O–H groups in total. The molecule has 2 aromatic heterocycles. The lowest BCUT2D eigenvalue weighted by molar-refractivity contribution is 0.504.